The quantitative estimate of drug-likeness (QED) is 0.621. The van der Waals surface area contributed by atoms with Crippen LogP contribution in [0, 0.1) is 0 Å². The molecule has 0 unspecified atom stereocenters. The van der Waals surface area contributed by atoms with Crippen molar-refractivity contribution < 1.29 is 4.79 Å². The van der Waals surface area contributed by atoms with Gasteiger partial charge in [-0.05, 0) is 43.8 Å². The SMILES string of the molecule is CCCCNc1ccc(C(=O)NCCN(CC)CC)cc1.Cl.Cl. The number of nitrogens with one attached hydrogen (secondary N) is 2. The van der Waals surface area contributed by atoms with Crippen LogP contribution < -0.4 is 10.6 Å². The predicted octanol–water partition coefficient (Wildman–Crippen LogP) is 3.81. The van der Waals surface area contributed by atoms with Gasteiger partial charge in [0.15, 0.2) is 0 Å². The summed E-state index contributed by atoms with van der Waals surface area (Å²) in [5.41, 5.74) is 1.79. The van der Waals surface area contributed by atoms with Crippen molar-refractivity contribution in [3.05, 3.63) is 29.8 Å². The second-order valence-corrected chi connectivity index (χ2v) is 5.14. The number of hydrogen-bond donors (Lipinski definition) is 2. The van der Waals surface area contributed by atoms with Gasteiger partial charge < -0.3 is 15.5 Å². The average Bonchev–Trinajstić information content (AvgIpc) is 2.52. The number of likely N-dealkylation sites (N-methyl/N-ethyl adjacent to an activating group) is 1. The number of amides is 1. The third-order valence-corrected chi connectivity index (χ3v) is 3.61. The number of unbranched alkanes of at least 4 members (excludes halogenated alkanes) is 1. The summed E-state index contributed by atoms with van der Waals surface area (Å²) in [6, 6.07) is 7.69. The van der Waals surface area contributed by atoms with Gasteiger partial charge in [-0.15, -0.1) is 24.8 Å². The molecule has 0 heterocycles. The summed E-state index contributed by atoms with van der Waals surface area (Å²) in [5, 5.41) is 6.32. The van der Waals surface area contributed by atoms with Crippen molar-refractivity contribution in [1.82, 2.24) is 10.2 Å². The fourth-order valence-corrected chi connectivity index (χ4v) is 2.12. The number of hydrogen-bond acceptors (Lipinski definition) is 3. The first-order valence-corrected chi connectivity index (χ1v) is 8.05. The van der Waals surface area contributed by atoms with Crippen LogP contribution in [0.3, 0.4) is 0 Å². The maximum atomic E-state index is 12.0. The van der Waals surface area contributed by atoms with Gasteiger partial charge in [-0.3, -0.25) is 4.79 Å². The Morgan fingerprint density at radius 3 is 2.13 bits per heavy atom. The van der Waals surface area contributed by atoms with E-state index in [0.717, 1.165) is 43.9 Å². The molecule has 0 spiro atoms. The van der Waals surface area contributed by atoms with E-state index >= 15 is 0 Å². The molecule has 0 aliphatic carbocycles. The fourth-order valence-electron chi connectivity index (χ4n) is 2.12. The van der Waals surface area contributed by atoms with Gasteiger partial charge >= 0.3 is 0 Å². The van der Waals surface area contributed by atoms with Gasteiger partial charge in [0, 0.05) is 30.9 Å². The highest BCUT2D eigenvalue weighted by Gasteiger charge is 2.05. The minimum absolute atomic E-state index is 0. The van der Waals surface area contributed by atoms with Crippen LogP contribution in [0.25, 0.3) is 0 Å². The Labute approximate surface area is 153 Å². The molecule has 1 aromatic rings. The highest BCUT2D eigenvalue weighted by Crippen LogP contribution is 2.09. The number of halogens is 2. The monoisotopic (exact) mass is 363 g/mol. The zero-order valence-electron chi connectivity index (χ0n) is 14.4. The second-order valence-electron chi connectivity index (χ2n) is 5.14. The average molecular weight is 364 g/mol. The van der Waals surface area contributed by atoms with E-state index in [9.17, 15) is 4.79 Å². The molecule has 0 fully saturated rings. The predicted molar refractivity (Wildman–Crippen MR) is 104 cm³/mol. The first-order valence-electron chi connectivity index (χ1n) is 8.05. The van der Waals surface area contributed by atoms with Crippen LogP contribution in [0.2, 0.25) is 0 Å². The lowest BCUT2D eigenvalue weighted by Gasteiger charge is -2.18. The number of carbonyl (C=O) groups is 1. The molecule has 23 heavy (non-hydrogen) atoms. The van der Waals surface area contributed by atoms with E-state index in [1.165, 1.54) is 6.42 Å². The van der Waals surface area contributed by atoms with E-state index < -0.39 is 0 Å². The minimum Gasteiger partial charge on any atom is -0.385 e. The van der Waals surface area contributed by atoms with Crippen LogP contribution in [0.1, 0.15) is 44.0 Å². The summed E-state index contributed by atoms with van der Waals surface area (Å²) >= 11 is 0. The van der Waals surface area contributed by atoms with Gasteiger partial charge in [0.05, 0.1) is 0 Å². The molecule has 4 nitrogen and oxygen atoms in total. The number of carbonyl (C=O) groups excluding carboxylic acids is 1. The third kappa shape index (κ3) is 9.69. The maximum Gasteiger partial charge on any atom is 0.251 e. The van der Waals surface area contributed by atoms with Crippen molar-refractivity contribution >= 4 is 36.4 Å². The molecular formula is C17H31Cl2N3O. The molecule has 0 radical (unpaired) electrons. The Morgan fingerprint density at radius 1 is 1.00 bits per heavy atom. The highest BCUT2D eigenvalue weighted by atomic mass is 35.5. The zero-order chi connectivity index (χ0) is 15.5. The first-order chi connectivity index (χ1) is 10.2. The zero-order valence-corrected chi connectivity index (χ0v) is 16.1. The van der Waals surface area contributed by atoms with Gasteiger partial charge in [-0.25, -0.2) is 0 Å². The van der Waals surface area contributed by atoms with Crippen molar-refractivity contribution in [2.45, 2.75) is 33.6 Å². The molecular weight excluding hydrogens is 333 g/mol. The largest absolute Gasteiger partial charge is 0.385 e. The molecule has 0 saturated carbocycles. The van der Waals surface area contributed by atoms with E-state index in [2.05, 4.69) is 36.3 Å². The van der Waals surface area contributed by atoms with E-state index in [-0.39, 0.29) is 30.7 Å². The second kappa shape index (κ2) is 14.6. The van der Waals surface area contributed by atoms with Crippen LogP contribution in [0.4, 0.5) is 5.69 Å². The van der Waals surface area contributed by atoms with E-state index in [0.29, 0.717) is 6.54 Å². The Balaban J connectivity index is 0. The van der Waals surface area contributed by atoms with E-state index in [4.69, 9.17) is 0 Å². The van der Waals surface area contributed by atoms with Gasteiger partial charge in [0.25, 0.3) is 5.91 Å². The third-order valence-electron chi connectivity index (χ3n) is 3.61. The first kappa shape index (κ1) is 24.3. The van der Waals surface area contributed by atoms with Gasteiger partial charge in [-0.2, -0.15) is 0 Å². The molecule has 0 aliphatic rings. The number of rotatable bonds is 10. The summed E-state index contributed by atoms with van der Waals surface area (Å²) in [4.78, 5) is 14.3. The molecule has 134 valence electrons. The number of benzene rings is 1. The highest BCUT2D eigenvalue weighted by molar-refractivity contribution is 5.94. The molecule has 0 bridgehead atoms. The fraction of sp³-hybridized carbons (Fsp3) is 0.588. The molecule has 6 heteroatoms. The number of anilines is 1. The molecule has 0 saturated heterocycles. The lowest BCUT2D eigenvalue weighted by Crippen LogP contribution is -2.34. The molecule has 1 aromatic carbocycles. The molecule has 2 N–H and O–H groups in total. The van der Waals surface area contributed by atoms with Crippen LogP contribution in [-0.4, -0.2) is 43.5 Å². The van der Waals surface area contributed by atoms with Crippen LogP contribution in [-0.2, 0) is 0 Å². The Hall–Kier alpha value is -0.970. The minimum atomic E-state index is 0. The Bertz CT molecular complexity index is 409. The van der Waals surface area contributed by atoms with Crippen LogP contribution in [0.5, 0.6) is 0 Å². The molecule has 1 amide bonds. The standard InChI is InChI=1S/C17H29N3O.2ClH/c1-4-7-12-18-16-10-8-15(9-11-16)17(21)19-13-14-20(5-2)6-3;;/h8-11,18H,4-7,12-14H2,1-3H3,(H,19,21);2*1H. The van der Waals surface area contributed by atoms with Gasteiger partial charge in [0.1, 0.15) is 0 Å². The summed E-state index contributed by atoms with van der Waals surface area (Å²) in [6.07, 6.45) is 2.34. The van der Waals surface area contributed by atoms with Gasteiger partial charge in [-0.1, -0.05) is 27.2 Å². The lowest BCUT2D eigenvalue weighted by atomic mass is 10.2. The van der Waals surface area contributed by atoms with Crippen molar-refractivity contribution in [1.29, 1.82) is 0 Å². The van der Waals surface area contributed by atoms with Crippen molar-refractivity contribution in [2.24, 2.45) is 0 Å². The Morgan fingerprint density at radius 2 is 1.61 bits per heavy atom. The maximum absolute atomic E-state index is 12.0. The molecule has 0 atom stereocenters. The summed E-state index contributed by atoms with van der Waals surface area (Å²) in [7, 11) is 0. The normalized spacial score (nSPS) is 9.74. The smallest absolute Gasteiger partial charge is 0.251 e. The van der Waals surface area contributed by atoms with Crippen molar-refractivity contribution in [3.8, 4) is 0 Å². The van der Waals surface area contributed by atoms with E-state index in [1.807, 2.05) is 24.3 Å². The summed E-state index contributed by atoms with van der Waals surface area (Å²) < 4.78 is 0. The Kier molecular flexibility index (Phi) is 15.4. The van der Waals surface area contributed by atoms with Gasteiger partial charge in [0.2, 0.25) is 0 Å². The number of nitrogens with zero attached hydrogens (tertiary/aromatic N) is 1. The topological polar surface area (TPSA) is 44.4 Å². The lowest BCUT2D eigenvalue weighted by molar-refractivity contribution is 0.0949. The summed E-state index contributed by atoms with van der Waals surface area (Å²) in [5.74, 6) is 0.00210. The van der Waals surface area contributed by atoms with Crippen LogP contribution >= 0.6 is 24.8 Å². The van der Waals surface area contributed by atoms with E-state index in [1.54, 1.807) is 0 Å². The summed E-state index contributed by atoms with van der Waals surface area (Å²) in [6.45, 7) is 11.0. The van der Waals surface area contributed by atoms with Crippen LogP contribution in [0.15, 0.2) is 24.3 Å². The van der Waals surface area contributed by atoms with Crippen molar-refractivity contribution in [2.75, 3.05) is 38.0 Å². The van der Waals surface area contributed by atoms with Crippen molar-refractivity contribution in [3.63, 3.8) is 0 Å². The molecule has 1 rings (SSSR count). The molecule has 0 aliphatic heterocycles. The molecule has 0 aromatic heterocycles.